The average Bonchev–Trinajstić information content (AvgIpc) is 2.73. The van der Waals surface area contributed by atoms with Crippen molar-refractivity contribution in [3.63, 3.8) is 0 Å². The SMILES string of the molecule is CCCCCCCCCCO[C@@H]1C=CC(=O)[C@@H](COS(=O)(=O)c2ccc(C)cc2)O1. The van der Waals surface area contributed by atoms with Crippen molar-refractivity contribution in [3.05, 3.63) is 42.0 Å². The fraction of sp³-hybridized carbons (Fsp3) is 0.609. The van der Waals surface area contributed by atoms with Crippen molar-refractivity contribution in [2.75, 3.05) is 13.2 Å². The summed E-state index contributed by atoms with van der Waals surface area (Å²) >= 11 is 0. The summed E-state index contributed by atoms with van der Waals surface area (Å²) in [4.78, 5) is 12.1. The molecular formula is C23H34O6S. The minimum Gasteiger partial charge on any atom is -0.349 e. The lowest BCUT2D eigenvalue weighted by molar-refractivity contribution is -0.167. The largest absolute Gasteiger partial charge is 0.349 e. The van der Waals surface area contributed by atoms with Crippen LogP contribution in [0.1, 0.15) is 63.9 Å². The first kappa shape index (κ1) is 24.7. The van der Waals surface area contributed by atoms with E-state index in [9.17, 15) is 13.2 Å². The predicted octanol–water partition coefficient (Wildman–Crippen LogP) is 4.71. The highest BCUT2D eigenvalue weighted by Crippen LogP contribution is 2.17. The summed E-state index contributed by atoms with van der Waals surface area (Å²) in [5.41, 5.74) is 0.946. The van der Waals surface area contributed by atoms with Crippen molar-refractivity contribution in [2.45, 2.75) is 82.5 Å². The lowest BCUT2D eigenvalue weighted by atomic mass is 10.1. The quantitative estimate of drug-likeness (QED) is 0.309. The van der Waals surface area contributed by atoms with Gasteiger partial charge in [-0.05, 0) is 37.6 Å². The Morgan fingerprint density at radius 1 is 0.967 bits per heavy atom. The minimum atomic E-state index is -3.95. The highest BCUT2D eigenvalue weighted by Gasteiger charge is 2.28. The molecule has 0 unspecified atom stereocenters. The van der Waals surface area contributed by atoms with Crippen LogP contribution in [0.2, 0.25) is 0 Å². The molecule has 2 atom stereocenters. The molecule has 0 bridgehead atoms. The van der Waals surface area contributed by atoms with Gasteiger partial charge in [0.15, 0.2) is 12.1 Å². The fourth-order valence-corrected chi connectivity index (χ4v) is 4.04. The van der Waals surface area contributed by atoms with Crippen LogP contribution in [0.25, 0.3) is 0 Å². The number of aryl methyl sites for hydroxylation is 1. The molecule has 2 rings (SSSR count). The summed E-state index contributed by atoms with van der Waals surface area (Å²) in [6, 6.07) is 6.33. The third kappa shape index (κ3) is 8.68. The van der Waals surface area contributed by atoms with Crippen LogP contribution in [0.3, 0.4) is 0 Å². The Labute approximate surface area is 180 Å². The summed E-state index contributed by atoms with van der Waals surface area (Å²) in [5.74, 6) is -0.332. The maximum Gasteiger partial charge on any atom is 0.297 e. The van der Waals surface area contributed by atoms with E-state index < -0.39 is 22.5 Å². The van der Waals surface area contributed by atoms with Gasteiger partial charge in [-0.25, -0.2) is 0 Å². The molecule has 30 heavy (non-hydrogen) atoms. The number of hydrogen-bond acceptors (Lipinski definition) is 6. The second kappa shape index (κ2) is 13.0. The van der Waals surface area contributed by atoms with Gasteiger partial charge in [0.2, 0.25) is 0 Å². The molecule has 0 spiro atoms. The van der Waals surface area contributed by atoms with E-state index in [4.69, 9.17) is 13.7 Å². The Hall–Kier alpha value is -1.54. The molecule has 1 aliphatic heterocycles. The zero-order valence-corrected chi connectivity index (χ0v) is 18.9. The molecule has 0 aliphatic carbocycles. The van der Waals surface area contributed by atoms with Crippen LogP contribution in [0.15, 0.2) is 41.3 Å². The maximum atomic E-state index is 12.3. The average molecular weight is 439 g/mol. The molecule has 0 saturated carbocycles. The number of hydrogen-bond donors (Lipinski definition) is 0. The van der Waals surface area contributed by atoms with Gasteiger partial charge in [0.25, 0.3) is 10.1 Å². The number of ketones is 1. The van der Waals surface area contributed by atoms with Gasteiger partial charge in [-0.2, -0.15) is 8.42 Å². The number of carbonyl (C=O) groups is 1. The first-order valence-electron chi connectivity index (χ1n) is 10.9. The fourth-order valence-electron chi connectivity index (χ4n) is 3.13. The topological polar surface area (TPSA) is 78.9 Å². The highest BCUT2D eigenvalue weighted by molar-refractivity contribution is 7.86. The van der Waals surface area contributed by atoms with Crippen LogP contribution in [-0.4, -0.2) is 39.8 Å². The molecule has 168 valence electrons. The predicted molar refractivity (Wildman–Crippen MR) is 116 cm³/mol. The van der Waals surface area contributed by atoms with Crippen LogP contribution in [0.4, 0.5) is 0 Å². The van der Waals surface area contributed by atoms with E-state index >= 15 is 0 Å². The molecule has 7 heteroatoms. The van der Waals surface area contributed by atoms with Gasteiger partial charge in [-0.3, -0.25) is 8.98 Å². The van der Waals surface area contributed by atoms with E-state index in [2.05, 4.69) is 6.92 Å². The van der Waals surface area contributed by atoms with Crippen LogP contribution < -0.4 is 0 Å². The van der Waals surface area contributed by atoms with Crippen molar-refractivity contribution >= 4 is 15.9 Å². The molecule has 0 fully saturated rings. The lowest BCUT2D eigenvalue weighted by Gasteiger charge is -2.24. The Morgan fingerprint density at radius 3 is 2.27 bits per heavy atom. The first-order valence-corrected chi connectivity index (χ1v) is 12.3. The second-order valence-corrected chi connectivity index (χ2v) is 9.27. The van der Waals surface area contributed by atoms with Crippen LogP contribution in [0, 0.1) is 6.92 Å². The van der Waals surface area contributed by atoms with E-state index in [0.29, 0.717) is 6.61 Å². The second-order valence-electron chi connectivity index (χ2n) is 7.65. The molecule has 0 amide bonds. The summed E-state index contributed by atoms with van der Waals surface area (Å²) < 4.78 is 40.9. The summed E-state index contributed by atoms with van der Waals surface area (Å²) in [6.45, 7) is 4.24. The highest BCUT2D eigenvalue weighted by atomic mass is 32.2. The molecular weight excluding hydrogens is 404 g/mol. The van der Waals surface area contributed by atoms with Gasteiger partial charge in [0.1, 0.15) is 12.7 Å². The third-order valence-corrected chi connectivity index (χ3v) is 6.29. The van der Waals surface area contributed by atoms with Gasteiger partial charge in [-0.15, -0.1) is 0 Å². The van der Waals surface area contributed by atoms with E-state index in [-0.39, 0.29) is 17.3 Å². The molecule has 6 nitrogen and oxygen atoms in total. The smallest absolute Gasteiger partial charge is 0.297 e. The molecule has 1 aromatic carbocycles. The number of rotatable bonds is 14. The number of benzene rings is 1. The van der Waals surface area contributed by atoms with E-state index in [0.717, 1.165) is 18.4 Å². The zero-order chi connectivity index (χ0) is 21.8. The maximum absolute atomic E-state index is 12.3. The molecule has 0 aromatic heterocycles. The van der Waals surface area contributed by atoms with Gasteiger partial charge < -0.3 is 9.47 Å². The Kier molecular flexibility index (Phi) is 10.7. The summed E-state index contributed by atoms with van der Waals surface area (Å²) in [5, 5.41) is 0. The van der Waals surface area contributed by atoms with Gasteiger partial charge >= 0.3 is 0 Å². The normalized spacial score (nSPS) is 19.3. The molecule has 0 N–H and O–H groups in total. The van der Waals surface area contributed by atoms with Crippen LogP contribution >= 0.6 is 0 Å². The molecule has 0 saturated heterocycles. The van der Waals surface area contributed by atoms with E-state index in [1.165, 1.54) is 56.7 Å². The minimum absolute atomic E-state index is 0.0504. The Balaban J connectivity index is 1.69. The van der Waals surface area contributed by atoms with Crippen molar-refractivity contribution in [3.8, 4) is 0 Å². The zero-order valence-electron chi connectivity index (χ0n) is 18.0. The van der Waals surface area contributed by atoms with Gasteiger partial charge in [0.05, 0.1) is 11.5 Å². The number of unbranched alkanes of at least 4 members (excludes halogenated alkanes) is 7. The van der Waals surface area contributed by atoms with Crippen molar-refractivity contribution < 1.29 is 26.9 Å². The van der Waals surface area contributed by atoms with Crippen molar-refractivity contribution in [1.82, 2.24) is 0 Å². The van der Waals surface area contributed by atoms with E-state index in [1.807, 2.05) is 6.92 Å². The number of ether oxygens (including phenoxy) is 2. The standard InChI is InChI=1S/C23H34O6S/c1-3-4-5-6-7-8-9-10-17-27-23-16-15-21(24)22(29-23)18-28-30(25,26)20-13-11-19(2)12-14-20/h11-16,22-23H,3-10,17-18H2,1-2H3/t22-,23+/m1/s1. The molecule has 1 heterocycles. The molecule has 0 radical (unpaired) electrons. The van der Waals surface area contributed by atoms with E-state index in [1.54, 1.807) is 18.2 Å². The van der Waals surface area contributed by atoms with Crippen molar-refractivity contribution in [2.24, 2.45) is 0 Å². The Morgan fingerprint density at radius 2 is 1.60 bits per heavy atom. The third-order valence-electron chi connectivity index (χ3n) is 5.00. The van der Waals surface area contributed by atoms with Crippen LogP contribution in [-0.2, 0) is 28.6 Å². The lowest BCUT2D eigenvalue weighted by Crippen LogP contribution is -2.37. The summed E-state index contributed by atoms with van der Waals surface area (Å²) in [7, 11) is -3.95. The summed E-state index contributed by atoms with van der Waals surface area (Å²) in [6.07, 6.45) is 10.9. The number of carbonyl (C=O) groups excluding carboxylic acids is 1. The van der Waals surface area contributed by atoms with Crippen LogP contribution in [0.5, 0.6) is 0 Å². The first-order chi connectivity index (χ1) is 14.4. The van der Waals surface area contributed by atoms with Crippen molar-refractivity contribution in [1.29, 1.82) is 0 Å². The van der Waals surface area contributed by atoms with Gasteiger partial charge in [-0.1, -0.05) is 69.6 Å². The molecule has 1 aliphatic rings. The van der Waals surface area contributed by atoms with Gasteiger partial charge in [0, 0.05) is 0 Å². The Bertz CT molecular complexity index is 769. The molecule has 1 aromatic rings. The monoisotopic (exact) mass is 438 g/mol.